The van der Waals surface area contributed by atoms with Crippen LogP contribution in [0, 0.1) is 0 Å². The van der Waals surface area contributed by atoms with Gasteiger partial charge in [-0.3, -0.25) is 4.90 Å². The maximum atomic E-state index is 5.44. The number of ether oxygens (including phenoxy) is 1. The van der Waals surface area contributed by atoms with Crippen molar-refractivity contribution in [2.75, 3.05) is 32.8 Å². The van der Waals surface area contributed by atoms with E-state index in [1.165, 1.54) is 12.8 Å². The van der Waals surface area contributed by atoms with E-state index < -0.39 is 0 Å². The lowest BCUT2D eigenvalue weighted by Gasteiger charge is -2.47. The Kier molecular flexibility index (Phi) is 5.73. The molecular formula is C13H28N2O. The minimum Gasteiger partial charge on any atom is -0.379 e. The summed E-state index contributed by atoms with van der Waals surface area (Å²) in [5.74, 6) is 0. The lowest BCUT2D eigenvalue weighted by atomic mass is 9.87. The van der Waals surface area contributed by atoms with E-state index in [9.17, 15) is 0 Å². The molecule has 0 aromatic rings. The van der Waals surface area contributed by atoms with Crippen LogP contribution in [0.4, 0.5) is 0 Å². The van der Waals surface area contributed by atoms with Crippen molar-refractivity contribution in [1.82, 2.24) is 10.2 Å². The molecule has 1 rings (SSSR count). The third kappa shape index (κ3) is 3.19. The number of morpholine rings is 1. The summed E-state index contributed by atoms with van der Waals surface area (Å²) in [4.78, 5) is 2.59. The molecular weight excluding hydrogens is 200 g/mol. The quantitative estimate of drug-likeness (QED) is 0.751. The third-order valence-electron chi connectivity index (χ3n) is 4.08. The van der Waals surface area contributed by atoms with Crippen LogP contribution in [-0.2, 0) is 4.74 Å². The maximum absolute atomic E-state index is 5.44. The second-order valence-electron chi connectivity index (χ2n) is 4.99. The standard InChI is InChI=1S/C13H28N2O/c1-5-7-14-12(3)13(4,6-2)15-8-10-16-11-9-15/h12,14H,5-11H2,1-4H3. The van der Waals surface area contributed by atoms with Crippen molar-refractivity contribution < 1.29 is 4.74 Å². The molecule has 1 aliphatic rings. The molecule has 0 aliphatic carbocycles. The Morgan fingerprint density at radius 1 is 1.31 bits per heavy atom. The first-order valence-corrected chi connectivity index (χ1v) is 6.71. The largest absolute Gasteiger partial charge is 0.379 e. The molecule has 2 unspecified atom stereocenters. The van der Waals surface area contributed by atoms with Crippen LogP contribution in [-0.4, -0.2) is 49.3 Å². The molecule has 2 atom stereocenters. The number of rotatable bonds is 6. The summed E-state index contributed by atoms with van der Waals surface area (Å²) in [6, 6.07) is 0.538. The van der Waals surface area contributed by atoms with Crippen molar-refractivity contribution in [3.8, 4) is 0 Å². The van der Waals surface area contributed by atoms with E-state index in [4.69, 9.17) is 4.74 Å². The van der Waals surface area contributed by atoms with E-state index in [0.29, 0.717) is 6.04 Å². The molecule has 3 nitrogen and oxygen atoms in total. The Hall–Kier alpha value is -0.120. The third-order valence-corrected chi connectivity index (χ3v) is 4.08. The molecule has 1 N–H and O–H groups in total. The SMILES string of the molecule is CCCNC(C)C(C)(CC)N1CCOCC1. The Morgan fingerprint density at radius 2 is 1.94 bits per heavy atom. The van der Waals surface area contributed by atoms with E-state index in [0.717, 1.165) is 32.8 Å². The number of nitrogens with one attached hydrogen (secondary N) is 1. The van der Waals surface area contributed by atoms with E-state index >= 15 is 0 Å². The smallest absolute Gasteiger partial charge is 0.0594 e. The van der Waals surface area contributed by atoms with Gasteiger partial charge in [0, 0.05) is 24.7 Å². The van der Waals surface area contributed by atoms with Crippen molar-refractivity contribution in [2.24, 2.45) is 0 Å². The average molecular weight is 228 g/mol. The van der Waals surface area contributed by atoms with Gasteiger partial charge in [-0.25, -0.2) is 0 Å². The van der Waals surface area contributed by atoms with Gasteiger partial charge in [-0.1, -0.05) is 13.8 Å². The zero-order valence-corrected chi connectivity index (χ0v) is 11.4. The molecule has 1 aliphatic heterocycles. The molecule has 0 amide bonds. The summed E-state index contributed by atoms with van der Waals surface area (Å²) in [6.45, 7) is 14.2. The molecule has 0 aromatic carbocycles. The highest BCUT2D eigenvalue weighted by Crippen LogP contribution is 2.24. The fourth-order valence-corrected chi connectivity index (χ4v) is 2.46. The molecule has 16 heavy (non-hydrogen) atoms. The normalized spacial score (nSPS) is 24.0. The van der Waals surface area contributed by atoms with Gasteiger partial charge >= 0.3 is 0 Å². The summed E-state index contributed by atoms with van der Waals surface area (Å²) in [5, 5.41) is 3.64. The molecule has 0 bridgehead atoms. The predicted molar refractivity (Wildman–Crippen MR) is 68.8 cm³/mol. The van der Waals surface area contributed by atoms with Crippen LogP contribution < -0.4 is 5.32 Å². The predicted octanol–water partition coefficient (Wildman–Crippen LogP) is 1.88. The van der Waals surface area contributed by atoms with Gasteiger partial charge in [0.15, 0.2) is 0 Å². The summed E-state index contributed by atoms with van der Waals surface area (Å²) < 4.78 is 5.44. The molecule has 0 radical (unpaired) electrons. The van der Waals surface area contributed by atoms with Crippen LogP contribution in [0.5, 0.6) is 0 Å². The minimum atomic E-state index is 0.263. The van der Waals surface area contributed by atoms with Crippen molar-refractivity contribution in [3.05, 3.63) is 0 Å². The summed E-state index contributed by atoms with van der Waals surface area (Å²) in [7, 11) is 0. The lowest BCUT2D eigenvalue weighted by Crippen LogP contribution is -2.60. The van der Waals surface area contributed by atoms with Gasteiger partial charge in [0.25, 0.3) is 0 Å². The number of nitrogens with zero attached hydrogens (tertiary/aromatic N) is 1. The topological polar surface area (TPSA) is 24.5 Å². The van der Waals surface area contributed by atoms with E-state index in [-0.39, 0.29) is 5.54 Å². The van der Waals surface area contributed by atoms with Gasteiger partial charge in [-0.15, -0.1) is 0 Å². The molecule has 0 spiro atoms. The van der Waals surface area contributed by atoms with E-state index in [1.807, 2.05) is 0 Å². The maximum Gasteiger partial charge on any atom is 0.0594 e. The first kappa shape index (κ1) is 13.9. The number of hydrogen-bond acceptors (Lipinski definition) is 3. The lowest BCUT2D eigenvalue weighted by molar-refractivity contribution is -0.0297. The molecule has 1 heterocycles. The average Bonchev–Trinajstić information content (AvgIpc) is 2.35. The van der Waals surface area contributed by atoms with Gasteiger partial charge in [-0.2, -0.15) is 0 Å². The fraction of sp³-hybridized carbons (Fsp3) is 1.00. The van der Waals surface area contributed by atoms with E-state index in [1.54, 1.807) is 0 Å². The van der Waals surface area contributed by atoms with Crippen molar-refractivity contribution in [2.45, 2.75) is 52.1 Å². The molecule has 96 valence electrons. The Labute approximate surface area is 101 Å². The van der Waals surface area contributed by atoms with Gasteiger partial charge in [0.2, 0.25) is 0 Å². The molecule has 0 saturated carbocycles. The van der Waals surface area contributed by atoms with Crippen LogP contribution in [0.25, 0.3) is 0 Å². The summed E-state index contributed by atoms with van der Waals surface area (Å²) in [6.07, 6.45) is 2.39. The Bertz CT molecular complexity index is 192. The highest BCUT2D eigenvalue weighted by atomic mass is 16.5. The fourth-order valence-electron chi connectivity index (χ4n) is 2.46. The zero-order valence-electron chi connectivity index (χ0n) is 11.4. The van der Waals surface area contributed by atoms with Crippen molar-refractivity contribution in [1.29, 1.82) is 0 Å². The molecule has 1 fully saturated rings. The van der Waals surface area contributed by atoms with Crippen LogP contribution in [0.15, 0.2) is 0 Å². The van der Waals surface area contributed by atoms with Crippen molar-refractivity contribution >= 4 is 0 Å². The minimum absolute atomic E-state index is 0.263. The van der Waals surface area contributed by atoms with Gasteiger partial charge in [0.1, 0.15) is 0 Å². The second-order valence-corrected chi connectivity index (χ2v) is 4.99. The second kappa shape index (κ2) is 6.58. The number of hydrogen-bond donors (Lipinski definition) is 1. The van der Waals surface area contributed by atoms with Crippen molar-refractivity contribution in [3.63, 3.8) is 0 Å². The van der Waals surface area contributed by atoms with Crippen LogP contribution in [0.2, 0.25) is 0 Å². The summed E-state index contributed by atoms with van der Waals surface area (Å²) in [5.41, 5.74) is 0.263. The highest BCUT2D eigenvalue weighted by Gasteiger charge is 2.35. The monoisotopic (exact) mass is 228 g/mol. The molecule has 0 aromatic heterocycles. The molecule has 1 saturated heterocycles. The van der Waals surface area contributed by atoms with Gasteiger partial charge in [0.05, 0.1) is 13.2 Å². The Balaban J connectivity index is 2.58. The van der Waals surface area contributed by atoms with Gasteiger partial charge < -0.3 is 10.1 Å². The first-order chi connectivity index (χ1) is 7.65. The van der Waals surface area contributed by atoms with Crippen LogP contribution >= 0.6 is 0 Å². The van der Waals surface area contributed by atoms with Crippen LogP contribution in [0.3, 0.4) is 0 Å². The summed E-state index contributed by atoms with van der Waals surface area (Å²) >= 11 is 0. The highest BCUT2D eigenvalue weighted by molar-refractivity contribution is 4.94. The zero-order chi connectivity index (χ0) is 12.0. The van der Waals surface area contributed by atoms with Crippen LogP contribution in [0.1, 0.15) is 40.5 Å². The first-order valence-electron chi connectivity index (χ1n) is 6.71. The molecule has 3 heteroatoms. The van der Waals surface area contributed by atoms with E-state index in [2.05, 4.69) is 37.9 Å². The van der Waals surface area contributed by atoms with Gasteiger partial charge in [-0.05, 0) is 33.2 Å². The Morgan fingerprint density at radius 3 is 2.44 bits per heavy atom.